The number of benzene rings is 1. The van der Waals surface area contributed by atoms with Crippen LogP contribution in [-0.4, -0.2) is 32.8 Å². The van der Waals surface area contributed by atoms with Crippen molar-refractivity contribution in [3.8, 4) is 0 Å². The van der Waals surface area contributed by atoms with E-state index in [4.69, 9.17) is 0 Å². The Balaban J connectivity index is 2.06. The van der Waals surface area contributed by atoms with Crippen LogP contribution in [-0.2, 0) is 21.4 Å². The van der Waals surface area contributed by atoms with E-state index in [9.17, 15) is 13.2 Å². The topological polar surface area (TPSA) is 66.5 Å². The monoisotopic (exact) mass is 422 g/mol. The van der Waals surface area contributed by atoms with Crippen LogP contribution >= 0.6 is 11.3 Å². The molecule has 0 saturated heterocycles. The van der Waals surface area contributed by atoms with Crippen LogP contribution in [0.4, 0.5) is 0 Å². The molecular weight excluding hydrogens is 392 g/mol. The first kappa shape index (κ1) is 22.6. The number of aryl methyl sites for hydroxylation is 1. The summed E-state index contributed by atoms with van der Waals surface area (Å²) in [6, 6.07) is 2.03. The van der Waals surface area contributed by atoms with Gasteiger partial charge in [0.05, 0.1) is 11.4 Å². The summed E-state index contributed by atoms with van der Waals surface area (Å²) in [5.74, 6) is -0.0831. The van der Waals surface area contributed by atoms with E-state index >= 15 is 0 Å². The Morgan fingerprint density at radius 3 is 2.04 bits per heavy atom. The second-order valence-electron chi connectivity index (χ2n) is 7.38. The Kier molecular flexibility index (Phi) is 7.07. The number of sulfonamides is 1. The lowest BCUT2D eigenvalue weighted by Crippen LogP contribution is -2.32. The van der Waals surface area contributed by atoms with E-state index in [1.807, 2.05) is 53.0 Å². The summed E-state index contributed by atoms with van der Waals surface area (Å²) >= 11 is 1.62. The molecule has 0 spiro atoms. The number of thiophene rings is 1. The predicted octanol–water partition coefficient (Wildman–Crippen LogP) is 3.93. The zero-order valence-electron chi connectivity index (χ0n) is 17.8. The molecule has 0 atom stereocenters. The normalized spacial score (nSPS) is 11.7. The lowest BCUT2D eigenvalue weighted by atomic mass is 9.95. The molecule has 1 amide bonds. The molecule has 1 aromatic carbocycles. The third-order valence-electron chi connectivity index (χ3n) is 5.61. The maximum absolute atomic E-state index is 12.9. The van der Waals surface area contributed by atoms with E-state index in [0.29, 0.717) is 11.4 Å². The summed E-state index contributed by atoms with van der Waals surface area (Å²) in [5.41, 5.74) is 5.81. The van der Waals surface area contributed by atoms with Crippen molar-refractivity contribution in [2.45, 2.75) is 59.4 Å². The second kappa shape index (κ2) is 8.76. The molecule has 0 aliphatic rings. The molecule has 0 unspecified atom stereocenters. The largest absolute Gasteiger partial charge is 0.341 e. The maximum atomic E-state index is 12.9. The summed E-state index contributed by atoms with van der Waals surface area (Å²) < 4.78 is 28.4. The van der Waals surface area contributed by atoms with Gasteiger partial charge in [-0.1, -0.05) is 0 Å². The van der Waals surface area contributed by atoms with Crippen molar-refractivity contribution < 1.29 is 13.2 Å². The standard InChI is InChI=1S/C21H30N2O3S2/c1-13-9-11-27-19(13)12-23(7)20(24)8-10-22-28(25,26)21-17(5)15(3)14(2)16(4)18(21)6/h9,11,22H,8,10,12H2,1-7H3. The van der Waals surface area contributed by atoms with Crippen LogP contribution in [0.15, 0.2) is 16.3 Å². The molecule has 5 nitrogen and oxygen atoms in total. The minimum Gasteiger partial charge on any atom is -0.341 e. The van der Waals surface area contributed by atoms with E-state index in [1.54, 1.807) is 23.3 Å². The molecule has 2 aromatic rings. The van der Waals surface area contributed by atoms with Crippen LogP contribution in [0, 0.1) is 41.5 Å². The number of amides is 1. The number of hydrogen-bond acceptors (Lipinski definition) is 4. The first-order chi connectivity index (χ1) is 13.0. The molecule has 1 N–H and O–H groups in total. The zero-order valence-corrected chi connectivity index (χ0v) is 19.4. The van der Waals surface area contributed by atoms with Gasteiger partial charge in [0.2, 0.25) is 15.9 Å². The zero-order chi connectivity index (χ0) is 21.2. The van der Waals surface area contributed by atoms with Gasteiger partial charge in [-0.2, -0.15) is 0 Å². The number of hydrogen-bond donors (Lipinski definition) is 1. The molecule has 154 valence electrons. The van der Waals surface area contributed by atoms with Gasteiger partial charge in [0.1, 0.15) is 0 Å². The summed E-state index contributed by atoms with van der Waals surface area (Å²) in [6.07, 6.45) is 0.127. The number of carbonyl (C=O) groups is 1. The fourth-order valence-electron chi connectivity index (χ4n) is 3.29. The summed E-state index contributed by atoms with van der Waals surface area (Å²) in [7, 11) is -1.93. The van der Waals surface area contributed by atoms with Crippen LogP contribution in [0.5, 0.6) is 0 Å². The molecule has 2 rings (SSSR count). The molecule has 0 saturated carbocycles. The van der Waals surface area contributed by atoms with Crippen LogP contribution in [0.1, 0.15) is 44.7 Å². The van der Waals surface area contributed by atoms with Crippen molar-refractivity contribution in [2.75, 3.05) is 13.6 Å². The molecule has 0 bridgehead atoms. The van der Waals surface area contributed by atoms with Crippen LogP contribution in [0.25, 0.3) is 0 Å². The highest BCUT2D eigenvalue weighted by Gasteiger charge is 2.23. The van der Waals surface area contributed by atoms with Crippen molar-refractivity contribution in [2.24, 2.45) is 0 Å². The van der Waals surface area contributed by atoms with Gasteiger partial charge in [-0.05, 0) is 86.4 Å². The van der Waals surface area contributed by atoms with Crippen molar-refractivity contribution in [1.82, 2.24) is 9.62 Å². The molecule has 0 radical (unpaired) electrons. The van der Waals surface area contributed by atoms with Crippen LogP contribution in [0.3, 0.4) is 0 Å². The fourth-order valence-corrected chi connectivity index (χ4v) is 5.88. The average Bonchev–Trinajstić information content (AvgIpc) is 3.02. The first-order valence-corrected chi connectivity index (χ1v) is 11.7. The van der Waals surface area contributed by atoms with Crippen LogP contribution in [0.2, 0.25) is 0 Å². The number of rotatable bonds is 7. The third kappa shape index (κ3) is 4.64. The average molecular weight is 423 g/mol. The summed E-state index contributed by atoms with van der Waals surface area (Å²) in [6.45, 7) is 12.2. The lowest BCUT2D eigenvalue weighted by Gasteiger charge is -2.20. The minimum atomic E-state index is -3.68. The van der Waals surface area contributed by atoms with E-state index in [0.717, 1.165) is 32.7 Å². The number of nitrogens with one attached hydrogen (secondary N) is 1. The molecule has 28 heavy (non-hydrogen) atoms. The van der Waals surface area contributed by atoms with Gasteiger partial charge in [-0.3, -0.25) is 4.79 Å². The third-order valence-corrected chi connectivity index (χ3v) is 8.35. The van der Waals surface area contributed by atoms with E-state index in [1.165, 1.54) is 5.56 Å². The SMILES string of the molecule is Cc1ccsc1CN(C)C(=O)CCNS(=O)(=O)c1c(C)c(C)c(C)c(C)c1C. The number of carbonyl (C=O) groups excluding carboxylic acids is 1. The van der Waals surface area contributed by atoms with Crippen molar-refractivity contribution in [3.63, 3.8) is 0 Å². The molecule has 7 heteroatoms. The maximum Gasteiger partial charge on any atom is 0.241 e. The smallest absolute Gasteiger partial charge is 0.241 e. The highest BCUT2D eigenvalue weighted by atomic mass is 32.2. The number of nitrogens with zero attached hydrogens (tertiary/aromatic N) is 1. The Morgan fingerprint density at radius 2 is 1.54 bits per heavy atom. The Labute approximate surface area is 172 Å². The van der Waals surface area contributed by atoms with Gasteiger partial charge in [-0.25, -0.2) is 13.1 Å². The van der Waals surface area contributed by atoms with Crippen LogP contribution < -0.4 is 4.72 Å². The lowest BCUT2D eigenvalue weighted by molar-refractivity contribution is -0.130. The predicted molar refractivity (Wildman–Crippen MR) is 115 cm³/mol. The Morgan fingerprint density at radius 1 is 1.00 bits per heavy atom. The van der Waals surface area contributed by atoms with Gasteiger partial charge >= 0.3 is 0 Å². The van der Waals surface area contributed by atoms with E-state index < -0.39 is 10.0 Å². The van der Waals surface area contributed by atoms with Gasteiger partial charge in [0.15, 0.2) is 0 Å². The quantitative estimate of drug-likeness (QED) is 0.735. The van der Waals surface area contributed by atoms with E-state index in [2.05, 4.69) is 4.72 Å². The molecule has 1 heterocycles. The highest BCUT2D eigenvalue weighted by molar-refractivity contribution is 7.89. The molecular formula is C21H30N2O3S2. The minimum absolute atomic E-state index is 0.0831. The molecule has 0 fully saturated rings. The van der Waals surface area contributed by atoms with E-state index in [-0.39, 0.29) is 18.9 Å². The van der Waals surface area contributed by atoms with Gasteiger partial charge in [0, 0.05) is 24.9 Å². The van der Waals surface area contributed by atoms with Gasteiger partial charge in [-0.15, -0.1) is 11.3 Å². The van der Waals surface area contributed by atoms with Gasteiger partial charge in [0.25, 0.3) is 0 Å². The van der Waals surface area contributed by atoms with Crippen molar-refractivity contribution in [3.05, 3.63) is 49.7 Å². The fraction of sp³-hybridized carbons (Fsp3) is 0.476. The van der Waals surface area contributed by atoms with Gasteiger partial charge < -0.3 is 4.90 Å². The Hall–Kier alpha value is -1.70. The molecule has 1 aromatic heterocycles. The van der Waals surface area contributed by atoms with Crippen molar-refractivity contribution in [1.29, 1.82) is 0 Å². The molecule has 0 aliphatic carbocycles. The van der Waals surface area contributed by atoms with Crippen molar-refractivity contribution >= 4 is 27.3 Å². The Bertz CT molecular complexity index is 962. The summed E-state index contributed by atoms with van der Waals surface area (Å²) in [4.78, 5) is 15.5. The first-order valence-electron chi connectivity index (χ1n) is 9.31. The second-order valence-corrected chi connectivity index (χ2v) is 10.1. The highest BCUT2D eigenvalue weighted by Crippen LogP contribution is 2.29. The summed E-state index contributed by atoms with van der Waals surface area (Å²) in [5, 5.41) is 2.01. The molecule has 0 aliphatic heterocycles.